The fourth-order valence-electron chi connectivity index (χ4n) is 6.68. The van der Waals surface area contributed by atoms with Crippen molar-refractivity contribution in [2.75, 3.05) is 12.4 Å². The third-order valence-corrected chi connectivity index (χ3v) is 8.09. The summed E-state index contributed by atoms with van der Waals surface area (Å²) < 4.78 is 0. The Morgan fingerprint density at radius 3 is 2.47 bits per heavy atom. The molecule has 6 rings (SSSR count). The van der Waals surface area contributed by atoms with E-state index >= 15 is 0 Å². The number of benzene rings is 1. The summed E-state index contributed by atoms with van der Waals surface area (Å²) in [6.07, 6.45) is 7.19. The molecule has 3 saturated carbocycles. The maximum absolute atomic E-state index is 13.5. The topological polar surface area (TPSA) is 76.4 Å². The number of nitrogens with zero attached hydrogens (tertiary/aromatic N) is 1. The third kappa shape index (κ3) is 3.26. The highest BCUT2D eigenvalue weighted by molar-refractivity contribution is 6.09. The monoisotopic (exact) mass is 409 g/mol. The number of rotatable bonds is 6. The van der Waals surface area contributed by atoms with Crippen LogP contribution in [0.2, 0.25) is 0 Å². The van der Waals surface area contributed by atoms with Crippen molar-refractivity contribution in [2.45, 2.75) is 88.8 Å². The van der Waals surface area contributed by atoms with E-state index in [9.17, 15) is 9.90 Å². The molecule has 2 saturated heterocycles. The van der Waals surface area contributed by atoms with Gasteiger partial charge in [0.15, 0.2) is 0 Å². The van der Waals surface area contributed by atoms with Crippen LogP contribution in [-0.2, 0) is 4.79 Å². The van der Waals surface area contributed by atoms with Crippen LogP contribution < -0.4 is 5.32 Å². The second kappa shape index (κ2) is 6.81. The molecule has 0 spiro atoms. The molecule has 5 heteroatoms. The molecular formula is C25H35N3O2. The lowest BCUT2D eigenvalue weighted by Crippen LogP contribution is -2.66. The summed E-state index contributed by atoms with van der Waals surface area (Å²) in [7, 11) is 1.91. The second-order valence-electron chi connectivity index (χ2n) is 11.0. The van der Waals surface area contributed by atoms with E-state index in [1.165, 1.54) is 18.4 Å². The van der Waals surface area contributed by atoms with E-state index in [2.05, 4.69) is 22.3 Å². The lowest BCUT2D eigenvalue weighted by molar-refractivity contribution is -0.175. The molecule has 1 aromatic rings. The van der Waals surface area contributed by atoms with Gasteiger partial charge >= 0.3 is 0 Å². The summed E-state index contributed by atoms with van der Waals surface area (Å²) in [6.45, 7) is 4.09. The Balaban J connectivity index is 1.38. The Bertz CT molecular complexity index is 872. The number of amides is 1. The lowest BCUT2D eigenvalue weighted by atomic mass is 9.61. The zero-order valence-corrected chi connectivity index (χ0v) is 18.5. The molecule has 2 aliphatic heterocycles. The van der Waals surface area contributed by atoms with Gasteiger partial charge in [-0.15, -0.1) is 0 Å². The Labute approximate surface area is 179 Å². The molecule has 2 atom stereocenters. The quantitative estimate of drug-likeness (QED) is 0.613. The predicted molar refractivity (Wildman–Crippen MR) is 119 cm³/mol. The summed E-state index contributed by atoms with van der Waals surface area (Å²) in [4.78, 5) is 15.6. The first-order valence-corrected chi connectivity index (χ1v) is 11.6. The van der Waals surface area contributed by atoms with E-state index in [0.29, 0.717) is 24.0 Å². The minimum atomic E-state index is -0.542. The molecular weight excluding hydrogens is 374 g/mol. The highest BCUT2D eigenvalue weighted by Crippen LogP contribution is 2.52. The Morgan fingerprint density at radius 2 is 1.90 bits per heavy atom. The molecule has 5 nitrogen and oxygen atoms in total. The number of piperidine rings is 2. The van der Waals surface area contributed by atoms with Crippen LogP contribution >= 0.6 is 0 Å². The van der Waals surface area contributed by atoms with Gasteiger partial charge in [0.1, 0.15) is 0 Å². The van der Waals surface area contributed by atoms with Crippen LogP contribution in [0.25, 0.3) is 0 Å². The van der Waals surface area contributed by atoms with Gasteiger partial charge in [-0.25, -0.2) is 0 Å². The first-order chi connectivity index (χ1) is 14.2. The number of anilines is 1. The van der Waals surface area contributed by atoms with E-state index in [-0.39, 0.29) is 18.0 Å². The van der Waals surface area contributed by atoms with Crippen molar-refractivity contribution < 1.29 is 9.90 Å². The molecule has 3 aliphatic carbocycles. The van der Waals surface area contributed by atoms with Crippen LogP contribution in [0.1, 0.15) is 82.3 Å². The maximum atomic E-state index is 13.5. The van der Waals surface area contributed by atoms with Crippen molar-refractivity contribution in [3.05, 3.63) is 29.3 Å². The first-order valence-electron chi connectivity index (χ1n) is 11.6. The van der Waals surface area contributed by atoms with Gasteiger partial charge in [0.05, 0.1) is 5.60 Å². The molecule has 3 N–H and O–H groups in total. The van der Waals surface area contributed by atoms with Gasteiger partial charge in [0, 0.05) is 47.9 Å². The summed E-state index contributed by atoms with van der Waals surface area (Å²) in [5.74, 6) is 1.29. The van der Waals surface area contributed by atoms with Crippen molar-refractivity contribution in [3.63, 3.8) is 0 Å². The van der Waals surface area contributed by atoms with Crippen LogP contribution in [0.3, 0.4) is 0 Å². The molecule has 0 radical (unpaired) electrons. The van der Waals surface area contributed by atoms with Crippen LogP contribution in [0.5, 0.6) is 0 Å². The maximum Gasteiger partial charge on any atom is 0.224 e. The van der Waals surface area contributed by atoms with Crippen LogP contribution in [-0.4, -0.2) is 46.4 Å². The van der Waals surface area contributed by atoms with Gasteiger partial charge in [-0.05, 0) is 68.4 Å². The summed E-state index contributed by atoms with van der Waals surface area (Å²) in [5.41, 5.74) is 2.72. The number of aliphatic hydroxyl groups is 1. The molecule has 30 heavy (non-hydrogen) atoms. The Morgan fingerprint density at radius 1 is 1.23 bits per heavy atom. The molecule has 2 heterocycles. The van der Waals surface area contributed by atoms with Crippen LogP contribution in [0.15, 0.2) is 18.2 Å². The van der Waals surface area contributed by atoms with Gasteiger partial charge in [-0.1, -0.05) is 26.0 Å². The zero-order chi connectivity index (χ0) is 21.3. The first kappa shape index (κ1) is 20.0. The van der Waals surface area contributed by atoms with E-state index in [4.69, 9.17) is 5.41 Å². The minimum Gasteiger partial charge on any atom is -0.390 e. The molecule has 4 bridgehead atoms. The number of hydrogen-bond acceptors (Lipinski definition) is 4. The highest BCUT2D eigenvalue weighted by atomic mass is 16.3. The van der Waals surface area contributed by atoms with Crippen molar-refractivity contribution in [1.82, 2.24) is 4.90 Å². The van der Waals surface area contributed by atoms with Gasteiger partial charge in [-0.3, -0.25) is 4.79 Å². The molecule has 5 aliphatic rings. The number of carbonyl (C=O) groups is 1. The summed E-state index contributed by atoms with van der Waals surface area (Å²) in [6, 6.07) is 6.63. The van der Waals surface area contributed by atoms with Crippen LogP contribution in [0, 0.1) is 16.7 Å². The summed E-state index contributed by atoms with van der Waals surface area (Å²) in [5, 5.41) is 23.2. The van der Waals surface area contributed by atoms with Crippen molar-refractivity contribution in [3.8, 4) is 0 Å². The smallest absolute Gasteiger partial charge is 0.224 e. The molecule has 5 fully saturated rings. The SMILES string of the molecule is CNc1cccc(C2CC2)c1C(=N)C(C)(C)CC(=O)N1C2CC3CC1CC(O)(C3)C2. The van der Waals surface area contributed by atoms with Crippen molar-refractivity contribution in [2.24, 2.45) is 11.3 Å². The van der Waals surface area contributed by atoms with Gasteiger partial charge < -0.3 is 20.7 Å². The van der Waals surface area contributed by atoms with E-state index in [1.807, 2.05) is 27.0 Å². The third-order valence-electron chi connectivity index (χ3n) is 8.09. The van der Waals surface area contributed by atoms with Crippen LogP contribution in [0.4, 0.5) is 5.69 Å². The average molecular weight is 410 g/mol. The van der Waals surface area contributed by atoms with Crippen molar-refractivity contribution >= 4 is 17.3 Å². The second-order valence-corrected chi connectivity index (χ2v) is 11.0. The van der Waals surface area contributed by atoms with Gasteiger partial charge in [0.25, 0.3) is 0 Å². The fourth-order valence-corrected chi connectivity index (χ4v) is 6.68. The molecule has 0 aromatic heterocycles. The Kier molecular flexibility index (Phi) is 4.55. The average Bonchev–Trinajstić information content (AvgIpc) is 3.49. The zero-order valence-electron chi connectivity index (χ0n) is 18.5. The molecule has 162 valence electrons. The van der Waals surface area contributed by atoms with Gasteiger partial charge in [-0.2, -0.15) is 0 Å². The van der Waals surface area contributed by atoms with Crippen molar-refractivity contribution in [1.29, 1.82) is 5.41 Å². The van der Waals surface area contributed by atoms with E-state index < -0.39 is 11.0 Å². The normalized spacial score (nSPS) is 32.4. The highest BCUT2D eigenvalue weighted by Gasteiger charge is 2.55. The predicted octanol–water partition coefficient (Wildman–Crippen LogP) is 4.29. The molecule has 2 unspecified atom stereocenters. The van der Waals surface area contributed by atoms with Gasteiger partial charge in [0.2, 0.25) is 5.91 Å². The summed E-state index contributed by atoms with van der Waals surface area (Å²) >= 11 is 0. The number of nitrogens with one attached hydrogen (secondary N) is 2. The lowest BCUT2D eigenvalue weighted by Gasteiger charge is -2.60. The van der Waals surface area contributed by atoms with E-state index in [0.717, 1.165) is 43.4 Å². The number of carbonyl (C=O) groups excluding carboxylic acids is 1. The standard InChI is InChI=1S/C25H35N3O2/c1-24(2,23(26)22-19(16-7-8-16)5-4-6-20(22)27-3)14-21(29)28-17-9-15-10-18(28)13-25(30,11-15)12-17/h4-6,15-18,26-27,30H,7-14H2,1-3H3. The fraction of sp³-hybridized carbons (Fsp3) is 0.680. The Hall–Kier alpha value is -1.88. The van der Waals surface area contributed by atoms with E-state index in [1.54, 1.807) is 0 Å². The molecule has 1 aromatic carbocycles. The number of hydrogen-bond donors (Lipinski definition) is 3. The molecule has 1 amide bonds. The largest absolute Gasteiger partial charge is 0.390 e. The minimum absolute atomic E-state index is 0.164.